The predicted molar refractivity (Wildman–Crippen MR) is 68.9 cm³/mol. The van der Waals surface area contributed by atoms with Crippen molar-refractivity contribution in [3.63, 3.8) is 0 Å². The van der Waals surface area contributed by atoms with Crippen molar-refractivity contribution < 1.29 is 9.53 Å². The van der Waals surface area contributed by atoms with E-state index in [1.54, 1.807) is 7.11 Å². The van der Waals surface area contributed by atoms with Crippen molar-refractivity contribution >= 4 is 32.7 Å². The summed E-state index contributed by atoms with van der Waals surface area (Å²) in [6, 6.07) is 5.38. The van der Waals surface area contributed by atoms with Gasteiger partial charge in [0.05, 0.1) is 17.3 Å². The number of benzene rings is 1. The van der Waals surface area contributed by atoms with Gasteiger partial charge in [-0.2, -0.15) is 0 Å². The van der Waals surface area contributed by atoms with E-state index in [0.717, 1.165) is 16.0 Å². The molecule has 90 valence electrons. The molecule has 0 saturated heterocycles. The quantitative estimate of drug-likeness (QED) is 0.880. The molecular formula is C11H13N3O2S. The first-order chi connectivity index (χ1) is 8.22. The summed E-state index contributed by atoms with van der Waals surface area (Å²) in [5.74, 6) is 0.783. The Labute approximate surface area is 103 Å². The van der Waals surface area contributed by atoms with Gasteiger partial charge in [-0.3, -0.25) is 5.32 Å². The number of ether oxygens (including phenoxy) is 1. The summed E-state index contributed by atoms with van der Waals surface area (Å²) in [7, 11) is 1.62. The number of amides is 2. The van der Waals surface area contributed by atoms with Crippen molar-refractivity contribution in [3.8, 4) is 5.75 Å². The van der Waals surface area contributed by atoms with E-state index in [9.17, 15) is 4.79 Å². The lowest BCUT2D eigenvalue weighted by atomic mass is 10.3. The number of nitrogens with zero attached hydrogens (tertiary/aromatic N) is 1. The lowest BCUT2D eigenvalue weighted by molar-refractivity contribution is 0.252. The van der Waals surface area contributed by atoms with Gasteiger partial charge in [0.1, 0.15) is 5.75 Å². The van der Waals surface area contributed by atoms with Crippen molar-refractivity contribution in [1.29, 1.82) is 0 Å². The number of thiazole rings is 1. The van der Waals surface area contributed by atoms with E-state index >= 15 is 0 Å². The molecule has 0 saturated carbocycles. The van der Waals surface area contributed by atoms with Crippen LogP contribution in [0.5, 0.6) is 5.75 Å². The largest absolute Gasteiger partial charge is 0.497 e. The van der Waals surface area contributed by atoms with Gasteiger partial charge in [0.25, 0.3) is 0 Å². The van der Waals surface area contributed by atoms with Crippen LogP contribution >= 0.6 is 11.3 Å². The van der Waals surface area contributed by atoms with Gasteiger partial charge in [-0.1, -0.05) is 11.3 Å². The Morgan fingerprint density at radius 3 is 3.06 bits per heavy atom. The third-order valence-corrected chi connectivity index (χ3v) is 3.09. The van der Waals surface area contributed by atoms with Gasteiger partial charge in [-0.15, -0.1) is 0 Å². The first kappa shape index (κ1) is 11.7. The van der Waals surface area contributed by atoms with E-state index in [4.69, 9.17) is 4.74 Å². The zero-order valence-corrected chi connectivity index (χ0v) is 10.4. The van der Waals surface area contributed by atoms with Gasteiger partial charge in [0.15, 0.2) is 5.13 Å². The van der Waals surface area contributed by atoms with Crippen molar-refractivity contribution in [2.45, 2.75) is 6.92 Å². The van der Waals surface area contributed by atoms with Gasteiger partial charge in [-0.05, 0) is 25.1 Å². The monoisotopic (exact) mass is 251 g/mol. The van der Waals surface area contributed by atoms with E-state index < -0.39 is 0 Å². The summed E-state index contributed by atoms with van der Waals surface area (Å²) in [6.07, 6.45) is 0. The first-order valence-electron chi connectivity index (χ1n) is 5.22. The molecule has 2 amide bonds. The normalized spacial score (nSPS) is 10.2. The second kappa shape index (κ2) is 5.01. The van der Waals surface area contributed by atoms with Crippen LogP contribution in [-0.2, 0) is 0 Å². The Morgan fingerprint density at radius 2 is 2.35 bits per heavy atom. The van der Waals surface area contributed by atoms with Crippen LogP contribution in [0.25, 0.3) is 10.2 Å². The van der Waals surface area contributed by atoms with Gasteiger partial charge < -0.3 is 10.1 Å². The number of rotatable bonds is 3. The maximum absolute atomic E-state index is 11.3. The van der Waals surface area contributed by atoms with Crippen LogP contribution in [-0.4, -0.2) is 24.7 Å². The lowest BCUT2D eigenvalue weighted by Gasteiger charge is -2.00. The highest BCUT2D eigenvalue weighted by Crippen LogP contribution is 2.28. The molecule has 1 aromatic carbocycles. The Balaban J connectivity index is 2.22. The molecule has 0 unspecified atom stereocenters. The minimum Gasteiger partial charge on any atom is -0.497 e. The van der Waals surface area contributed by atoms with Crippen molar-refractivity contribution in [2.24, 2.45) is 0 Å². The van der Waals surface area contributed by atoms with Crippen LogP contribution in [0.15, 0.2) is 18.2 Å². The third kappa shape index (κ3) is 2.65. The summed E-state index contributed by atoms with van der Waals surface area (Å²) >= 11 is 1.42. The topological polar surface area (TPSA) is 63.2 Å². The van der Waals surface area contributed by atoms with Gasteiger partial charge in [-0.25, -0.2) is 9.78 Å². The first-order valence-corrected chi connectivity index (χ1v) is 6.04. The summed E-state index contributed by atoms with van der Waals surface area (Å²) in [4.78, 5) is 15.6. The highest BCUT2D eigenvalue weighted by atomic mass is 32.1. The number of carbonyl (C=O) groups excluding carboxylic acids is 1. The Bertz CT molecular complexity index is 538. The molecule has 0 bridgehead atoms. The molecule has 2 N–H and O–H groups in total. The number of hydrogen-bond donors (Lipinski definition) is 2. The molecule has 1 heterocycles. The number of carbonyl (C=O) groups is 1. The third-order valence-electron chi connectivity index (χ3n) is 2.15. The number of fused-ring (bicyclic) bond motifs is 1. The fraction of sp³-hybridized carbons (Fsp3) is 0.273. The molecule has 6 heteroatoms. The molecule has 0 aliphatic heterocycles. The molecule has 0 radical (unpaired) electrons. The second-order valence-electron chi connectivity index (χ2n) is 3.34. The Hall–Kier alpha value is -1.82. The van der Waals surface area contributed by atoms with Crippen LogP contribution in [0.4, 0.5) is 9.93 Å². The zero-order chi connectivity index (χ0) is 12.3. The van der Waals surface area contributed by atoms with Gasteiger partial charge in [0, 0.05) is 6.54 Å². The number of urea groups is 1. The standard InChI is InChI=1S/C11H13N3O2S/c1-3-12-10(15)14-11-13-8-5-4-7(16-2)6-9(8)17-11/h4-6H,3H2,1-2H3,(H2,12,13,14,15). The molecule has 0 aliphatic rings. The van der Waals surface area contributed by atoms with Crippen LogP contribution in [0.2, 0.25) is 0 Å². The van der Waals surface area contributed by atoms with Crippen molar-refractivity contribution in [2.75, 3.05) is 19.0 Å². The second-order valence-corrected chi connectivity index (χ2v) is 4.37. The molecule has 2 rings (SSSR count). The van der Waals surface area contributed by atoms with E-state index in [1.165, 1.54) is 11.3 Å². The fourth-order valence-electron chi connectivity index (χ4n) is 1.39. The molecule has 0 spiro atoms. The highest BCUT2D eigenvalue weighted by molar-refractivity contribution is 7.22. The maximum Gasteiger partial charge on any atom is 0.321 e. The number of nitrogens with one attached hydrogen (secondary N) is 2. The van der Waals surface area contributed by atoms with Crippen LogP contribution in [0, 0.1) is 0 Å². The SMILES string of the molecule is CCNC(=O)Nc1nc2ccc(OC)cc2s1. The minimum atomic E-state index is -0.237. The Kier molecular flexibility index (Phi) is 3.43. The van der Waals surface area contributed by atoms with E-state index in [2.05, 4.69) is 15.6 Å². The molecule has 1 aromatic heterocycles. The number of hydrogen-bond acceptors (Lipinski definition) is 4. The zero-order valence-electron chi connectivity index (χ0n) is 9.61. The number of aromatic nitrogens is 1. The predicted octanol–water partition coefficient (Wildman–Crippen LogP) is 2.45. The summed E-state index contributed by atoms with van der Waals surface area (Å²) < 4.78 is 6.11. The van der Waals surface area contributed by atoms with Crippen LogP contribution < -0.4 is 15.4 Å². The Morgan fingerprint density at radius 1 is 1.53 bits per heavy atom. The fourth-order valence-corrected chi connectivity index (χ4v) is 2.28. The van der Waals surface area contributed by atoms with Crippen molar-refractivity contribution in [1.82, 2.24) is 10.3 Å². The average molecular weight is 251 g/mol. The maximum atomic E-state index is 11.3. The van der Waals surface area contributed by atoms with E-state index in [0.29, 0.717) is 11.7 Å². The van der Waals surface area contributed by atoms with Crippen LogP contribution in [0.1, 0.15) is 6.92 Å². The highest BCUT2D eigenvalue weighted by Gasteiger charge is 2.07. The van der Waals surface area contributed by atoms with Gasteiger partial charge in [0.2, 0.25) is 0 Å². The van der Waals surface area contributed by atoms with Crippen molar-refractivity contribution in [3.05, 3.63) is 18.2 Å². The van der Waals surface area contributed by atoms with E-state index in [1.807, 2.05) is 25.1 Å². The van der Waals surface area contributed by atoms with Gasteiger partial charge >= 0.3 is 6.03 Å². The molecule has 0 aliphatic carbocycles. The van der Waals surface area contributed by atoms with Crippen LogP contribution in [0.3, 0.4) is 0 Å². The number of anilines is 1. The molecule has 17 heavy (non-hydrogen) atoms. The minimum absolute atomic E-state index is 0.237. The smallest absolute Gasteiger partial charge is 0.321 e. The lowest BCUT2D eigenvalue weighted by Crippen LogP contribution is -2.28. The van der Waals surface area contributed by atoms with E-state index in [-0.39, 0.29) is 6.03 Å². The molecule has 5 nitrogen and oxygen atoms in total. The molecule has 2 aromatic rings. The average Bonchev–Trinajstić information content (AvgIpc) is 2.69. The summed E-state index contributed by atoms with van der Waals surface area (Å²) in [5.41, 5.74) is 0.850. The number of methoxy groups -OCH3 is 1. The molecule has 0 fully saturated rings. The summed E-state index contributed by atoms with van der Waals surface area (Å²) in [6.45, 7) is 2.45. The summed E-state index contributed by atoms with van der Waals surface area (Å²) in [5, 5.41) is 5.92. The molecule has 0 atom stereocenters. The molecular weight excluding hydrogens is 238 g/mol.